The van der Waals surface area contributed by atoms with Crippen molar-refractivity contribution in [2.24, 2.45) is 0 Å². The predicted molar refractivity (Wildman–Crippen MR) is 62.7 cm³/mol. The van der Waals surface area contributed by atoms with Crippen molar-refractivity contribution in [3.05, 3.63) is 10.7 Å². The van der Waals surface area contributed by atoms with Crippen LogP contribution in [-0.4, -0.2) is 19.0 Å². The fourth-order valence-corrected chi connectivity index (χ4v) is 3.49. The molecule has 0 aromatic carbocycles. The molecule has 0 heterocycles. The van der Waals surface area contributed by atoms with Gasteiger partial charge in [-0.1, -0.05) is 6.92 Å². The highest BCUT2D eigenvalue weighted by Crippen LogP contribution is 2.51. The van der Waals surface area contributed by atoms with Gasteiger partial charge >= 0.3 is 7.60 Å². The van der Waals surface area contributed by atoms with Gasteiger partial charge in [-0.25, -0.2) is 0 Å². The van der Waals surface area contributed by atoms with Crippen LogP contribution in [-0.2, 0) is 13.6 Å². The summed E-state index contributed by atoms with van der Waals surface area (Å²) in [6.45, 7) is 8.38. The van der Waals surface area contributed by atoms with Gasteiger partial charge in [-0.05, 0) is 31.4 Å². The van der Waals surface area contributed by atoms with E-state index in [1.807, 2.05) is 27.7 Å². The lowest BCUT2D eigenvalue weighted by atomic mass is 10.8. The van der Waals surface area contributed by atoms with Crippen molar-refractivity contribution in [3.8, 4) is 0 Å². The van der Waals surface area contributed by atoms with Crippen molar-refractivity contribution in [3.63, 3.8) is 0 Å². The molecule has 0 rings (SSSR count). The second kappa shape index (κ2) is 7.52. The zero-order valence-electron chi connectivity index (χ0n) is 9.28. The molecule has 0 unspecified atom stereocenters. The van der Waals surface area contributed by atoms with E-state index in [0.29, 0.717) is 13.2 Å². The van der Waals surface area contributed by atoms with Crippen LogP contribution >= 0.6 is 19.4 Å². The maximum absolute atomic E-state index is 12.0. The molecule has 0 fully saturated rings. The second-order valence-corrected chi connectivity index (χ2v) is 5.91. The minimum atomic E-state index is -2.99. The van der Waals surface area contributed by atoms with Gasteiger partial charge in [0.25, 0.3) is 0 Å². The number of allylic oxidation sites excluding steroid dienone is 1. The number of thioether (sulfide) groups is 1. The van der Waals surface area contributed by atoms with Crippen LogP contribution in [0.15, 0.2) is 10.7 Å². The summed E-state index contributed by atoms with van der Waals surface area (Å²) >= 11 is 1.64. The molecule has 0 aliphatic rings. The summed E-state index contributed by atoms with van der Waals surface area (Å²) in [4.78, 5) is 0.984. The molecule has 0 aromatic rings. The fourth-order valence-electron chi connectivity index (χ4n) is 0.959. The number of rotatable bonds is 7. The standard InChI is InChI=1S/C9H19O3PS/c1-5-11-13(10,12-6-2)8-9(4)14-7-3/h8H,5-7H2,1-4H3. The lowest BCUT2D eigenvalue weighted by molar-refractivity contribution is 0.229. The molecule has 0 spiro atoms. The highest BCUT2D eigenvalue weighted by atomic mass is 32.2. The molecule has 0 aliphatic heterocycles. The fraction of sp³-hybridized carbons (Fsp3) is 0.778. The third kappa shape index (κ3) is 5.86. The monoisotopic (exact) mass is 238 g/mol. The Morgan fingerprint density at radius 1 is 1.29 bits per heavy atom. The Morgan fingerprint density at radius 3 is 2.14 bits per heavy atom. The SMILES string of the molecule is CCOP(=O)(C=C(C)SCC)OCC. The van der Waals surface area contributed by atoms with E-state index in [1.165, 1.54) is 0 Å². The Hall–Kier alpha value is 0.240. The third-order valence-electron chi connectivity index (χ3n) is 1.33. The van der Waals surface area contributed by atoms with Crippen LogP contribution in [0, 0.1) is 0 Å². The van der Waals surface area contributed by atoms with Gasteiger partial charge < -0.3 is 9.05 Å². The van der Waals surface area contributed by atoms with E-state index in [9.17, 15) is 4.57 Å². The van der Waals surface area contributed by atoms with Crippen LogP contribution in [0.25, 0.3) is 0 Å². The van der Waals surface area contributed by atoms with Crippen LogP contribution in [0.4, 0.5) is 0 Å². The van der Waals surface area contributed by atoms with Crippen molar-refractivity contribution < 1.29 is 13.6 Å². The maximum atomic E-state index is 12.0. The van der Waals surface area contributed by atoms with E-state index in [0.717, 1.165) is 10.7 Å². The van der Waals surface area contributed by atoms with E-state index in [2.05, 4.69) is 0 Å². The van der Waals surface area contributed by atoms with Gasteiger partial charge in [0, 0.05) is 5.82 Å². The van der Waals surface area contributed by atoms with E-state index in [-0.39, 0.29) is 0 Å². The first-order valence-electron chi connectivity index (χ1n) is 4.79. The van der Waals surface area contributed by atoms with Gasteiger partial charge in [-0.15, -0.1) is 11.8 Å². The zero-order chi connectivity index (χ0) is 11.0. The summed E-state index contributed by atoms with van der Waals surface area (Å²) < 4.78 is 22.2. The van der Waals surface area contributed by atoms with Gasteiger partial charge in [0.15, 0.2) is 0 Å². The number of hydrogen-bond donors (Lipinski definition) is 0. The lowest BCUT2D eigenvalue weighted by Crippen LogP contribution is -1.93. The van der Waals surface area contributed by atoms with Crippen molar-refractivity contribution in [2.45, 2.75) is 27.7 Å². The minimum absolute atomic E-state index is 0.401. The zero-order valence-corrected chi connectivity index (χ0v) is 11.0. The highest BCUT2D eigenvalue weighted by molar-refractivity contribution is 8.03. The Morgan fingerprint density at radius 2 is 1.79 bits per heavy atom. The smallest absolute Gasteiger partial charge is 0.306 e. The van der Waals surface area contributed by atoms with Gasteiger partial charge in [0.05, 0.1) is 13.2 Å². The molecule has 0 aliphatic carbocycles. The molecule has 0 N–H and O–H groups in total. The predicted octanol–water partition coefficient (Wildman–Crippen LogP) is 3.87. The van der Waals surface area contributed by atoms with Crippen molar-refractivity contribution in [1.29, 1.82) is 0 Å². The number of hydrogen-bond acceptors (Lipinski definition) is 4. The molecule has 0 aromatic heterocycles. The van der Waals surface area contributed by atoms with Crippen LogP contribution in [0.2, 0.25) is 0 Å². The van der Waals surface area contributed by atoms with E-state index < -0.39 is 7.60 Å². The van der Waals surface area contributed by atoms with Crippen molar-refractivity contribution in [1.82, 2.24) is 0 Å². The molecular weight excluding hydrogens is 219 g/mol. The van der Waals surface area contributed by atoms with Crippen LogP contribution in [0.3, 0.4) is 0 Å². The first-order valence-corrected chi connectivity index (χ1v) is 7.38. The largest absolute Gasteiger partial charge is 0.354 e. The maximum Gasteiger partial charge on any atom is 0.354 e. The molecule has 0 saturated carbocycles. The molecule has 0 radical (unpaired) electrons. The lowest BCUT2D eigenvalue weighted by Gasteiger charge is -2.13. The van der Waals surface area contributed by atoms with Gasteiger partial charge in [-0.2, -0.15) is 0 Å². The van der Waals surface area contributed by atoms with Crippen LogP contribution in [0.5, 0.6) is 0 Å². The van der Waals surface area contributed by atoms with Crippen molar-refractivity contribution >= 4 is 19.4 Å². The van der Waals surface area contributed by atoms with E-state index in [1.54, 1.807) is 17.6 Å². The van der Waals surface area contributed by atoms with Crippen LogP contribution < -0.4 is 0 Å². The Balaban J connectivity index is 4.48. The molecule has 14 heavy (non-hydrogen) atoms. The summed E-state index contributed by atoms with van der Waals surface area (Å²) in [6.07, 6.45) is 0. The van der Waals surface area contributed by atoms with Crippen LogP contribution in [0.1, 0.15) is 27.7 Å². The Labute approximate surface area is 90.8 Å². The Bertz CT molecular complexity index is 218. The molecule has 0 saturated heterocycles. The van der Waals surface area contributed by atoms with E-state index >= 15 is 0 Å². The van der Waals surface area contributed by atoms with Gasteiger partial charge in [0.1, 0.15) is 0 Å². The van der Waals surface area contributed by atoms with Crippen molar-refractivity contribution in [2.75, 3.05) is 19.0 Å². The quantitative estimate of drug-likeness (QED) is 0.631. The summed E-state index contributed by atoms with van der Waals surface area (Å²) in [6, 6.07) is 0. The molecule has 5 heteroatoms. The Kier molecular flexibility index (Phi) is 7.65. The molecular formula is C9H19O3PS. The average molecular weight is 238 g/mol. The summed E-state index contributed by atoms with van der Waals surface area (Å²) in [5, 5.41) is 0. The molecule has 0 atom stereocenters. The first-order chi connectivity index (χ1) is 6.58. The molecule has 0 bridgehead atoms. The average Bonchev–Trinajstić information content (AvgIpc) is 2.04. The highest BCUT2D eigenvalue weighted by Gasteiger charge is 2.20. The summed E-state index contributed by atoms with van der Waals surface area (Å²) in [5.74, 6) is 2.56. The van der Waals surface area contributed by atoms with Gasteiger partial charge in [0.2, 0.25) is 0 Å². The topological polar surface area (TPSA) is 35.5 Å². The van der Waals surface area contributed by atoms with E-state index in [4.69, 9.17) is 9.05 Å². The molecule has 3 nitrogen and oxygen atoms in total. The normalized spacial score (nSPS) is 13.3. The second-order valence-electron chi connectivity index (χ2n) is 2.55. The third-order valence-corrected chi connectivity index (χ3v) is 4.31. The molecule has 0 amide bonds. The minimum Gasteiger partial charge on any atom is -0.306 e. The summed E-state index contributed by atoms with van der Waals surface area (Å²) in [7, 11) is -2.99. The first kappa shape index (κ1) is 14.2. The molecule has 84 valence electrons. The van der Waals surface area contributed by atoms with Gasteiger partial charge in [-0.3, -0.25) is 4.57 Å². The summed E-state index contributed by atoms with van der Waals surface area (Å²) in [5.41, 5.74) is 0.